The minimum atomic E-state index is -0.340. The van der Waals surface area contributed by atoms with Gasteiger partial charge in [-0.3, -0.25) is 14.4 Å². The second-order valence-corrected chi connectivity index (χ2v) is 8.90. The molecule has 1 atom stereocenters. The summed E-state index contributed by atoms with van der Waals surface area (Å²) in [6, 6.07) is 12.4. The number of hydrogen-bond acceptors (Lipinski definition) is 4. The molecule has 0 bridgehead atoms. The van der Waals surface area contributed by atoms with Crippen LogP contribution in [0.3, 0.4) is 0 Å². The van der Waals surface area contributed by atoms with Gasteiger partial charge in [0.15, 0.2) is 11.6 Å². The molecule has 0 aliphatic carbocycles. The van der Waals surface area contributed by atoms with E-state index >= 15 is 0 Å². The number of amides is 1. The van der Waals surface area contributed by atoms with Gasteiger partial charge >= 0.3 is 0 Å². The normalized spacial score (nSPS) is 16.0. The van der Waals surface area contributed by atoms with Crippen molar-refractivity contribution in [2.45, 2.75) is 39.7 Å². The maximum absolute atomic E-state index is 13.1. The van der Waals surface area contributed by atoms with Gasteiger partial charge in [0.1, 0.15) is 5.82 Å². The number of benzene rings is 2. The molecule has 1 aliphatic heterocycles. The summed E-state index contributed by atoms with van der Waals surface area (Å²) in [6.07, 6.45) is 1.50. The highest BCUT2D eigenvalue weighted by atomic mass is 19.1. The minimum Gasteiger partial charge on any atom is -0.348 e. The van der Waals surface area contributed by atoms with E-state index in [9.17, 15) is 18.8 Å². The largest absolute Gasteiger partial charge is 0.348 e. The molecule has 1 saturated heterocycles. The number of carbonyl (C=O) groups is 3. The molecular weight excluding hydrogens is 407 g/mol. The monoisotopic (exact) mass is 438 g/mol. The van der Waals surface area contributed by atoms with Gasteiger partial charge in [0.25, 0.3) is 5.91 Å². The molecule has 0 saturated carbocycles. The van der Waals surface area contributed by atoms with Crippen molar-refractivity contribution in [2.24, 2.45) is 11.8 Å². The average molecular weight is 439 g/mol. The molecular formula is C26H31FN2O3. The van der Waals surface area contributed by atoms with Crippen molar-refractivity contribution in [1.29, 1.82) is 0 Å². The maximum atomic E-state index is 13.1. The fraction of sp³-hybridized carbons (Fsp3) is 0.423. The quantitative estimate of drug-likeness (QED) is 0.622. The summed E-state index contributed by atoms with van der Waals surface area (Å²) in [5.74, 6) is -0.253. The number of halogens is 1. The van der Waals surface area contributed by atoms with E-state index in [0.717, 1.165) is 25.9 Å². The van der Waals surface area contributed by atoms with E-state index in [1.807, 2.05) is 0 Å². The van der Waals surface area contributed by atoms with Gasteiger partial charge in [-0.25, -0.2) is 4.39 Å². The van der Waals surface area contributed by atoms with Crippen molar-refractivity contribution >= 4 is 17.5 Å². The van der Waals surface area contributed by atoms with Gasteiger partial charge in [0.2, 0.25) is 0 Å². The van der Waals surface area contributed by atoms with Gasteiger partial charge in [0.05, 0.1) is 0 Å². The van der Waals surface area contributed by atoms with Crippen molar-refractivity contribution in [1.82, 2.24) is 10.2 Å². The van der Waals surface area contributed by atoms with E-state index in [-0.39, 0.29) is 41.2 Å². The standard InChI is InChI=1S/C26H31FN2O3/c1-17(2)24(28-26(32)22-6-4-19(5-7-22)18(3)30)16-29-14-12-21(13-15-29)25(31)20-8-10-23(27)11-9-20/h4-11,17,21,24H,12-16H2,1-3H3,(H,28,32). The number of ketones is 2. The lowest BCUT2D eigenvalue weighted by atomic mass is 9.88. The molecule has 170 valence electrons. The predicted molar refractivity (Wildman–Crippen MR) is 122 cm³/mol. The third kappa shape index (κ3) is 6.10. The van der Waals surface area contributed by atoms with E-state index in [0.29, 0.717) is 23.2 Å². The fourth-order valence-corrected chi connectivity index (χ4v) is 4.04. The van der Waals surface area contributed by atoms with Gasteiger partial charge in [-0.1, -0.05) is 26.0 Å². The summed E-state index contributed by atoms with van der Waals surface area (Å²) in [4.78, 5) is 39.1. The molecule has 1 heterocycles. The van der Waals surface area contributed by atoms with Crippen LogP contribution in [-0.4, -0.2) is 48.0 Å². The summed E-state index contributed by atoms with van der Waals surface area (Å²) in [5, 5.41) is 3.13. The third-order valence-electron chi connectivity index (χ3n) is 6.22. The second kappa shape index (κ2) is 10.6. The van der Waals surface area contributed by atoms with E-state index in [1.165, 1.54) is 19.1 Å². The SMILES string of the molecule is CC(=O)c1ccc(C(=O)NC(CN2CCC(C(=O)c3ccc(F)cc3)CC2)C(C)C)cc1. The Morgan fingerprint density at radius 2 is 1.47 bits per heavy atom. The first kappa shape index (κ1) is 23.8. The lowest BCUT2D eigenvalue weighted by Gasteiger charge is -2.35. The molecule has 1 unspecified atom stereocenters. The summed E-state index contributed by atoms with van der Waals surface area (Å²) >= 11 is 0. The van der Waals surface area contributed by atoms with E-state index < -0.39 is 0 Å². The smallest absolute Gasteiger partial charge is 0.251 e. The zero-order valence-corrected chi connectivity index (χ0v) is 18.9. The Kier molecular flexibility index (Phi) is 7.91. The van der Waals surface area contributed by atoms with Crippen molar-refractivity contribution in [3.05, 3.63) is 71.0 Å². The Hall–Kier alpha value is -2.86. The number of likely N-dealkylation sites (tertiary alicyclic amines) is 1. The Balaban J connectivity index is 1.54. The van der Waals surface area contributed by atoms with Crippen LogP contribution in [0.25, 0.3) is 0 Å². The highest BCUT2D eigenvalue weighted by molar-refractivity contribution is 5.98. The van der Waals surface area contributed by atoms with Gasteiger partial charge in [-0.15, -0.1) is 0 Å². The number of nitrogens with zero attached hydrogens (tertiary/aromatic N) is 1. The molecule has 2 aromatic carbocycles. The third-order valence-corrected chi connectivity index (χ3v) is 6.22. The average Bonchev–Trinajstić information content (AvgIpc) is 2.79. The zero-order chi connectivity index (χ0) is 23.3. The lowest BCUT2D eigenvalue weighted by molar-refractivity contribution is 0.0811. The van der Waals surface area contributed by atoms with Crippen LogP contribution in [0.15, 0.2) is 48.5 Å². The second-order valence-electron chi connectivity index (χ2n) is 8.90. The molecule has 6 heteroatoms. The summed E-state index contributed by atoms with van der Waals surface area (Å²) < 4.78 is 13.1. The van der Waals surface area contributed by atoms with E-state index in [2.05, 4.69) is 24.1 Å². The van der Waals surface area contributed by atoms with E-state index in [1.54, 1.807) is 36.4 Å². The maximum Gasteiger partial charge on any atom is 0.251 e. The van der Waals surface area contributed by atoms with Crippen LogP contribution in [0.1, 0.15) is 64.7 Å². The Morgan fingerprint density at radius 1 is 0.938 bits per heavy atom. The van der Waals surface area contributed by atoms with Gasteiger partial charge in [-0.05, 0) is 75.2 Å². The molecule has 0 aromatic heterocycles. The van der Waals surface area contributed by atoms with Gasteiger partial charge in [0, 0.05) is 35.2 Å². The van der Waals surface area contributed by atoms with Crippen LogP contribution in [0.4, 0.5) is 4.39 Å². The summed E-state index contributed by atoms with van der Waals surface area (Å²) in [7, 11) is 0. The summed E-state index contributed by atoms with van der Waals surface area (Å²) in [6.45, 7) is 7.93. The topological polar surface area (TPSA) is 66.5 Å². The highest BCUT2D eigenvalue weighted by Crippen LogP contribution is 2.23. The van der Waals surface area contributed by atoms with Crippen LogP contribution < -0.4 is 5.32 Å². The molecule has 1 amide bonds. The van der Waals surface area contributed by atoms with Crippen LogP contribution in [0.2, 0.25) is 0 Å². The van der Waals surface area contributed by atoms with Crippen LogP contribution in [-0.2, 0) is 0 Å². The number of hydrogen-bond donors (Lipinski definition) is 1. The molecule has 1 aliphatic rings. The summed E-state index contributed by atoms with van der Waals surface area (Å²) in [5.41, 5.74) is 1.68. The van der Waals surface area contributed by atoms with Crippen LogP contribution in [0, 0.1) is 17.7 Å². The van der Waals surface area contributed by atoms with Crippen molar-refractivity contribution in [3.63, 3.8) is 0 Å². The molecule has 2 aromatic rings. The molecule has 0 radical (unpaired) electrons. The number of carbonyl (C=O) groups excluding carboxylic acids is 3. The van der Waals surface area contributed by atoms with Crippen molar-refractivity contribution < 1.29 is 18.8 Å². The molecule has 5 nitrogen and oxygen atoms in total. The van der Waals surface area contributed by atoms with Gasteiger partial charge < -0.3 is 10.2 Å². The lowest BCUT2D eigenvalue weighted by Crippen LogP contribution is -2.49. The van der Waals surface area contributed by atoms with Crippen LogP contribution >= 0.6 is 0 Å². The first-order valence-corrected chi connectivity index (χ1v) is 11.2. The van der Waals surface area contributed by atoms with Crippen molar-refractivity contribution in [3.8, 4) is 0 Å². The molecule has 3 rings (SSSR count). The predicted octanol–water partition coefficient (Wildman–Crippen LogP) is 4.38. The van der Waals surface area contributed by atoms with E-state index in [4.69, 9.17) is 0 Å². The molecule has 0 spiro atoms. The van der Waals surface area contributed by atoms with Gasteiger partial charge in [-0.2, -0.15) is 0 Å². The number of Topliss-reactive ketones (excluding diaryl/α,β-unsaturated/α-hetero) is 2. The zero-order valence-electron chi connectivity index (χ0n) is 18.9. The Bertz CT molecular complexity index is 946. The Morgan fingerprint density at radius 3 is 2.00 bits per heavy atom. The van der Waals surface area contributed by atoms with Crippen molar-refractivity contribution in [2.75, 3.05) is 19.6 Å². The first-order chi connectivity index (χ1) is 15.2. The van der Waals surface area contributed by atoms with Crippen LogP contribution in [0.5, 0.6) is 0 Å². The highest BCUT2D eigenvalue weighted by Gasteiger charge is 2.28. The number of piperidine rings is 1. The number of nitrogens with one attached hydrogen (secondary N) is 1. The minimum absolute atomic E-state index is 0.0284. The molecule has 32 heavy (non-hydrogen) atoms. The first-order valence-electron chi connectivity index (χ1n) is 11.2. The molecule has 1 fully saturated rings. The number of rotatable bonds is 8. The molecule has 1 N–H and O–H groups in total. The fourth-order valence-electron chi connectivity index (χ4n) is 4.04. The Labute approximate surface area is 189 Å².